The molecule has 25 heavy (non-hydrogen) atoms. The molecular weight excluding hydrogens is 346 g/mol. The molecule has 0 fully saturated rings. The number of amides is 3. The highest BCUT2D eigenvalue weighted by Crippen LogP contribution is 2.19. The molecule has 1 aromatic heterocycles. The molecule has 0 saturated heterocycles. The lowest BCUT2D eigenvalue weighted by Crippen LogP contribution is -2.50. The number of aryl methyl sites for hydroxylation is 2. The maximum absolute atomic E-state index is 11.8. The number of thioether (sulfide) groups is 1. The lowest BCUT2D eigenvalue weighted by atomic mass is 10.1. The van der Waals surface area contributed by atoms with E-state index in [0.717, 1.165) is 17.0 Å². The molecule has 140 valence electrons. The molecule has 0 aliphatic heterocycles. The van der Waals surface area contributed by atoms with E-state index in [-0.39, 0.29) is 5.75 Å². The van der Waals surface area contributed by atoms with Crippen molar-refractivity contribution in [2.24, 2.45) is 0 Å². The van der Waals surface area contributed by atoms with Gasteiger partial charge in [-0.15, -0.1) is 11.8 Å². The predicted octanol–water partition coefficient (Wildman–Crippen LogP) is 2.08. The number of nitrogens with one attached hydrogen (secondary N) is 2. The van der Waals surface area contributed by atoms with E-state index < -0.39 is 29.6 Å². The van der Waals surface area contributed by atoms with Gasteiger partial charge in [-0.1, -0.05) is 5.16 Å². The number of nitrogens with zero attached hydrogens (tertiary/aromatic N) is 1. The SMILES string of the molecule is Cc1noc(C)c1CSCC(=O)O[C@H](C)C(=O)NC(=O)NC(C)(C)C. The zero-order chi connectivity index (χ0) is 19.2. The van der Waals surface area contributed by atoms with E-state index in [1.807, 2.05) is 13.8 Å². The standard InChI is InChI=1S/C16H25N3O5S/c1-9-12(10(2)24-19-9)7-25-8-13(20)23-11(3)14(21)17-15(22)18-16(4,5)6/h11H,7-8H2,1-6H3,(H2,17,18,21,22)/t11-/m1/s1. The Kier molecular flexibility index (Phi) is 7.47. The zero-order valence-electron chi connectivity index (χ0n) is 15.4. The molecular formula is C16H25N3O5S. The quantitative estimate of drug-likeness (QED) is 0.737. The number of rotatable bonds is 6. The Balaban J connectivity index is 2.35. The Hall–Kier alpha value is -2.03. The van der Waals surface area contributed by atoms with Crippen molar-refractivity contribution in [1.29, 1.82) is 0 Å². The number of hydrogen-bond donors (Lipinski definition) is 2. The van der Waals surface area contributed by atoms with Crippen LogP contribution in [0.15, 0.2) is 4.52 Å². The van der Waals surface area contributed by atoms with Crippen molar-refractivity contribution in [2.45, 2.75) is 58.9 Å². The van der Waals surface area contributed by atoms with Crippen molar-refractivity contribution in [3.63, 3.8) is 0 Å². The molecule has 3 amide bonds. The van der Waals surface area contributed by atoms with Crippen molar-refractivity contribution < 1.29 is 23.6 Å². The normalized spacial score (nSPS) is 12.4. The van der Waals surface area contributed by atoms with Gasteiger partial charge in [0.1, 0.15) is 5.76 Å². The topological polar surface area (TPSA) is 111 Å². The van der Waals surface area contributed by atoms with Crippen LogP contribution in [0.2, 0.25) is 0 Å². The van der Waals surface area contributed by atoms with Crippen LogP contribution in [0.1, 0.15) is 44.7 Å². The van der Waals surface area contributed by atoms with Gasteiger partial charge in [-0.05, 0) is 41.5 Å². The summed E-state index contributed by atoms with van der Waals surface area (Å²) < 4.78 is 10.1. The van der Waals surface area contributed by atoms with Gasteiger partial charge >= 0.3 is 12.0 Å². The van der Waals surface area contributed by atoms with E-state index in [4.69, 9.17) is 9.26 Å². The summed E-state index contributed by atoms with van der Waals surface area (Å²) in [5.74, 6) is 0.151. The van der Waals surface area contributed by atoms with Crippen LogP contribution in [-0.4, -0.2) is 40.5 Å². The fourth-order valence-corrected chi connectivity index (χ4v) is 2.77. The van der Waals surface area contributed by atoms with Crippen molar-refractivity contribution in [1.82, 2.24) is 15.8 Å². The van der Waals surface area contributed by atoms with Crippen LogP contribution in [0, 0.1) is 13.8 Å². The van der Waals surface area contributed by atoms with E-state index in [9.17, 15) is 14.4 Å². The molecule has 0 aliphatic carbocycles. The summed E-state index contributed by atoms with van der Waals surface area (Å²) in [6, 6.07) is -0.631. The zero-order valence-corrected chi connectivity index (χ0v) is 16.2. The lowest BCUT2D eigenvalue weighted by molar-refractivity contribution is -0.151. The van der Waals surface area contributed by atoms with E-state index in [1.165, 1.54) is 18.7 Å². The fourth-order valence-electron chi connectivity index (χ4n) is 1.81. The minimum absolute atomic E-state index is 0.0792. The van der Waals surface area contributed by atoms with Crippen LogP contribution < -0.4 is 10.6 Å². The number of aromatic nitrogens is 1. The maximum atomic E-state index is 11.8. The van der Waals surface area contributed by atoms with Crippen molar-refractivity contribution in [3.05, 3.63) is 17.0 Å². The number of imide groups is 1. The van der Waals surface area contributed by atoms with Crippen molar-refractivity contribution in [2.75, 3.05) is 5.75 Å². The van der Waals surface area contributed by atoms with Gasteiger partial charge < -0.3 is 14.6 Å². The van der Waals surface area contributed by atoms with Gasteiger partial charge in [-0.25, -0.2) is 4.79 Å². The van der Waals surface area contributed by atoms with E-state index in [0.29, 0.717) is 5.75 Å². The first-order valence-electron chi connectivity index (χ1n) is 7.81. The molecule has 9 heteroatoms. The van der Waals surface area contributed by atoms with Gasteiger partial charge in [0.2, 0.25) is 0 Å². The third kappa shape index (κ3) is 7.59. The molecule has 0 aliphatic rings. The number of ether oxygens (including phenoxy) is 1. The smallest absolute Gasteiger partial charge is 0.321 e. The number of carbonyl (C=O) groups excluding carboxylic acids is 3. The molecule has 0 saturated carbocycles. The van der Waals surface area contributed by atoms with Gasteiger partial charge in [0.15, 0.2) is 6.10 Å². The predicted molar refractivity (Wildman–Crippen MR) is 94.1 cm³/mol. The summed E-state index contributed by atoms with van der Waals surface area (Å²) in [5.41, 5.74) is 1.26. The maximum Gasteiger partial charge on any atom is 0.321 e. The number of urea groups is 1. The van der Waals surface area contributed by atoms with Crippen LogP contribution in [0.3, 0.4) is 0 Å². The van der Waals surface area contributed by atoms with Crippen LogP contribution in [0.25, 0.3) is 0 Å². The van der Waals surface area contributed by atoms with Gasteiger partial charge in [0.05, 0.1) is 11.4 Å². The number of carbonyl (C=O) groups is 3. The minimum Gasteiger partial charge on any atom is -0.452 e. The fraction of sp³-hybridized carbons (Fsp3) is 0.625. The molecule has 0 aromatic carbocycles. The largest absolute Gasteiger partial charge is 0.452 e. The molecule has 1 aromatic rings. The van der Waals surface area contributed by atoms with E-state index in [2.05, 4.69) is 15.8 Å². The first-order valence-corrected chi connectivity index (χ1v) is 8.97. The Morgan fingerprint density at radius 1 is 1.28 bits per heavy atom. The van der Waals surface area contributed by atoms with Crippen molar-refractivity contribution >= 4 is 29.7 Å². The summed E-state index contributed by atoms with van der Waals surface area (Å²) in [4.78, 5) is 35.3. The second-order valence-electron chi connectivity index (χ2n) is 6.62. The molecule has 1 heterocycles. The molecule has 0 unspecified atom stereocenters. The van der Waals surface area contributed by atoms with Crippen LogP contribution in [0.4, 0.5) is 4.79 Å². The van der Waals surface area contributed by atoms with Gasteiger partial charge in [0.25, 0.3) is 5.91 Å². The summed E-state index contributed by atoms with van der Waals surface area (Å²) in [6.45, 7) is 10.4. The second kappa shape index (κ2) is 8.89. The van der Waals surface area contributed by atoms with Gasteiger partial charge in [0, 0.05) is 16.9 Å². The third-order valence-electron chi connectivity index (χ3n) is 3.05. The molecule has 1 atom stereocenters. The lowest BCUT2D eigenvalue weighted by Gasteiger charge is -2.21. The average molecular weight is 371 g/mol. The van der Waals surface area contributed by atoms with Gasteiger partial charge in [-0.2, -0.15) is 0 Å². The molecule has 0 spiro atoms. The van der Waals surface area contributed by atoms with Gasteiger partial charge in [-0.3, -0.25) is 14.9 Å². The summed E-state index contributed by atoms with van der Waals surface area (Å²) >= 11 is 1.34. The average Bonchev–Trinajstić information content (AvgIpc) is 2.76. The molecule has 1 rings (SSSR count). The highest BCUT2D eigenvalue weighted by Gasteiger charge is 2.22. The summed E-state index contributed by atoms with van der Waals surface area (Å²) in [7, 11) is 0. The van der Waals surface area contributed by atoms with Crippen molar-refractivity contribution in [3.8, 4) is 0 Å². The monoisotopic (exact) mass is 371 g/mol. The summed E-state index contributed by atoms with van der Waals surface area (Å²) in [5, 5.41) is 8.57. The Morgan fingerprint density at radius 3 is 2.44 bits per heavy atom. The number of esters is 1. The molecule has 0 bridgehead atoms. The summed E-state index contributed by atoms with van der Waals surface area (Å²) in [6.07, 6.45) is -1.06. The Labute approximate surface area is 151 Å². The highest BCUT2D eigenvalue weighted by molar-refractivity contribution is 7.99. The second-order valence-corrected chi connectivity index (χ2v) is 7.61. The Bertz CT molecular complexity index is 617. The third-order valence-corrected chi connectivity index (χ3v) is 3.98. The molecule has 0 radical (unpaired) electrons. The van der Waals surface area contributed by atoms with E-state index in [1.54, 1.807) is 20.8 Å². The van der Waals surface area contributed by atoms with Crippen LogP contribution in [-0.2, 0) is 20.1 Å². The highest BCUT2D eigenvalue weighted by atomic mass is 32.2. The molecule has 8 nitrogen and oxygen atoms in total. The number of hydrogen-bond acceptors (Lipinski definition) is 7. The first-order chi connectivity index (χ1) is 11.5. The van der Waals surface area contributed by atoms with Crippen LogP contribution in [0.5, 0.6) is 0 Å². The van der Waals surface area contributed by atoms with E-state index >= 15 is 0 Å². The molecule has 2 N–H and O–H groups in total. The Morgan fingerprint density at radius 2 is 1.92 bits per heavy atom. The minimum atomic E-state index is -1.06. The van der Waals surface area contributed by atoms with Crippen LogP contribution >= 0.6 is 11.8 Å². The first kappa shape index (κ1) is 21.0.